The molecule has 0 fully saturated rings. The van der Waals surface area contributed by atoms with E-state index in [9.17, 15) is 22.8 Å². The van der Waals surface area contributed by atoms with Crippen molar-refractivity contribution in [1.82, 2.24) is 5.32 Å². The molecular formula is C17H24F3NO4. The van der Waals surface area contributed by atoms with Crippen molar-refractivity contribution >= 4 is 11.9 Å². The highest BCUT2D eigenvalue weighted by Crippen LogP contribution is 2.26. The number of carboxylic acids is 1. The fraction of sp³-hybridized carbons (Fsp3) is 0.529. The summed E-state index contributed by atoms with van der Waals surface area (Å²) in [5, 5.41) is 11.0. The van der Waals surface area contributed by atoms with Crippen molar-refractivity contribution in [3.8, 4) is 5.75 Å². The van der Waals surface area contributed by atoms with Gasteiger partial charge in [-0.3, -0.25) is 9.59 Å². The molecule has 0 aliphatic carbocycles. The number of hydrogen-bond donors (Lipinski definition) is 2. The Morgan fingerprint density at radius 1 is 1.04 bits per heavy atom. The standard InChI is InChI=1S/C16H20F3NO4.CH4/c17-16(18,19)24-13-9-6-5-8-12(13)15(23)20-11-7-3-1-2-4-10-14(21)22;/h5-6,8-9H,1-4,7,10-11H2,(H,20,23)(H,21,22);1H4. The molecule has 0 aromatic heterocycles. The van der Waals surface area contributed by atoms with Crippen LogP contribution in [-0.4, -0.2) is 29.9 Å². The topological polar surface area (TPSA) is 75.6 Å². The molecule has 1 rings (SSSR count). The number of unbranched alkanes of at least 4 members (excludes halogenated alkanes) is 4. The number of carbonyl (C=O) groups is 2. The van der Waals surface area contributed by atoms with Gasteiger partial charge in [-0.15, -0.1) is 13.2 Å². The van der Waals surface area contributed by atoms with Crippen molar-refractivity contribution in [2.24, 2.45) is 0 Å². The molecule has 0 saturated heterocycles. The van der Waals surface area contributed by atoms with E-state index in [4.69, 9.17) is 5.11 Å². The van der Waals surface area contributed by atoms with E-state index in [1.54, 1.807) is 0 Å². The third-order valence-corrected chi connectivity index (χ3v) is 3.21. The number of hydrogen-bond acceptors (Lipinski definition) is 3. The number of rotatable bonds is 10. The van der Waals surface area contributed by atoms with Gasteiger partial charge in [-0.05, 0) is 25.0 Å². The van der Waals surface area contributed by atoms with Gasteiger partial charge in [0, 0.05) is 13.0 Å². The number of aliphatic carboxylic acids is 1. The maximum absolute atomic E-state index is 12.3. The molecule has 0 aliphatic rings. The Hall–Kier alpha value is -2.25. The third-order valence-electron chi connectivity index (χ3n) is 3.21. The lowest BCUT2D eigenvalue weighted by molar-refractivity contribution is -0.274. The minimum atomic E-state index is -4.85. The molecule has 0 atom stereocenters. The first kappa shape index (κ1) is 22.8. The molecule has 1 aromatic rings. The number of benzene rings is 1. The number of carbonyl (C=O) groups excluding carboxylic acids is 1. The van der Waals surface area contributed by atoms with Gasteiger partial charge in [-0.1, -0.05) is 38.8 Å². The van der Waals surface area contributed by atoms with Crippen molar-refractivity contribution in [1.29, 1.82) is 0 Å². The Morgan fingerprint density at radius 3 is 2.28 bits per heavy atom. The monoisotopic (exact) mass is 363 g/mol. The molecule has 8 heteroatoms. The molecule has 1 aromatic carbocycles. The molecule has 0 aliphatic heterocycles. The molecule has 0 spiro atoms. The Kier molecular flexibility index (Phi) is 10.3. The molecule has 142 valence electrons. The van der Waals surface area contributed by atoms with Crippen LogP contribution in [0.4, 0.5) is 13.2 Å². The highest BCUT2D eigenvalue weighted by Gasteiger charge is 2.32. The van der Waals surface area contributed by atoms with E-state index in [2.05, 4.69) is 10.1 Å². The summed E-state index contributed by atoms with van der Waals surface area (Å²) in [6, 6.07) is 5.17. The smallest absolute Gasteiger partial charge is 0.481 e. The Balaban J connectivity index is 0.00000576. The number of halogens is 3. The summed E-state index contributed by atoms with van der Waals surface area (Å²) in [4.78, 5) is 22.3. The fourth-order valence-corrected chi connectivity index (χ4v) is 2.10. The Labute approximate surface area is 145 Å². The number of ether oxygens (including phenoxy) is 1. The van der Waals surface area contributed by atoms with Gasteiger partial charge < -0.3 is 15.2 Å². The van der Waals surface area contributed by atoms with Gasteiger partial charge in [0.2, 0.25) is 0 Å². The second-order valence-electron chi connectivity index (χ2n) is 5.21. The number of nitrogens with one attached hydrogen (secondary N) is 1. The van der Waals surface area contributed by atoms with Gasteiger partial charge >= 0.3 is 12.3 Å². The SMILES string of the molecule is C.O=C(O)CCCCCCCNC(=O)c1ccccc1OC(F)(F)F. The zero-order valence-electron chi connectivity index (χ0n) is 13.1. The summed E-state index contributed by atoms with van der Waals surface area (Å²) in [5.74, 6) is -1.97. The normalized spacial score (nSPS) is 10.7. The van der Waals surface area contributed by atoms with Crippen LogP contribution in [0, 0.1) is 0 Å². The molecule has 5 nitrogen and oxygen atoms in total. The van der Waals surface area contributed by atoms with E-state index >= 15 is 0 Å². The summed E-state index contributed by atoms with van der Waals surface area (Å²) in [7, 11) is 0. The molecule has 0 radical (unpaired) electrons. The van der Waals surface area contributed by atoms with Gasteiger partial charge in [-0.2, -0.15) is 0 Å². The largest absolute Gasteiger partial charge is 0.573 e. The van der Waals surface area contributed by atoms with Crippen molar-refractivity contribution < 1.29 is 32.6 Å². The summed E-state index contributed by atoms with van der Waals surface area (Å²) >= 11 is 0. The number of alkyl halides is 3. The van der Waals surface area contributed by atoms with Gasteiger partial charge in [0.05, 0.1) is 5.56 Å². The third kappa shape index (κ3) is 10.3. The van der Waals surface area contributed by atoms with E-state index in [1.165, 1.54) is 18.2 Å². The van der Waals surface area contributed by atoms with E-state index in [0.29, 0.717) is 19.4 Å². The average molecular weight is 363 g/mol. The van der Waals surface area contributed by atoms with E-state index in [-0.39, 0.29) is 19.4 Å². The van der Waals surface area contributed by atoms with E-state index < -0.39 is 24.0 Å². The first-order valence-electron chi connectivity index (χ1n) is 7.64. The minimum absolute atomic E-state index is 0. The van der Waals surface area contributed by atoms with Crippen LogP contribution < -0.4 is 10.1 Å². The lowest BCUT2D eigenvalue weighted by Crippen LogP contribution is -2.26. The average Bonchev–Trinajstić information content (AvgIpc) is 2.48. The molecule has 25 heavy (non-hydrogen) atoms. The second kappa shape index (κ2) is 11.3. The van der Waals surface area contributed by atoms with Crippen LogP contribution in [0.5, 0.6) is 5.75 Å². The van der Waals surface area contributed by atoms with Crippen molar-refractivity contribution in [3.63, 3.8) is 0 Å². The maximum atomic E-state index is 12.3. The molecule has 0 unspecified atom stereocenters. The fourth-order valence-electron chi connectivity index (χ4n) is 2.10. The van der Waals surface area contributed by atoms with Gasteiger partial charge in [0.1, 0.15) is 5.75 Å². The quantitative estimate of drug-likeness (QED) is 0.605. The number of amides is 1. The maximum Gasteiger partial charge on any atom is 0.573 e. The number of para-hydroxylation sites is 1. The van der Waals surface area contributed by atoms with Crippen LogP contribution in [0.3, 0.4) is 0 Å². The predicted octanol–water partition coefficient (Wildman–Crippen LogP) is 4.38. The number of carboxylic acid groups (broad SMARTS) is 1. The lowest BCUT2D eigenvalue weighted by atomic mass is 10.1. The van der Waals surface area contributed by atoms with Crippen LogP contribution in [-0.2, 0) is 4.79 Å². The molecule has 0 bridgehead atoms. The van der Waals surface area contributed by atoms with Gasteiger partial charge in [0.25, 0.3) is 5.91 Å². The summed E-state index contributed by atoms with van der Waals surface area (Å²) < 4.78 is 40.7. The Morgan fingerprint density at radius 2 is 1.64 bits per heavy atom. The molecule has 0 heterocycles. The van der Waals surface area contributed by atoms with Gasteiger partial charge in [-0.25, -0.2) is 0 Å². The van der Waals surface area contributed by atoms with Crippen LogP contribution >= 0.6 is 0 Å². The molecule has 1 amide bonds. The second-order valence-corrected chi connectivity index (χ2v) is 5.21. The lowest BCUT2D eigenvalue weighted by Gasteiger charge is -2.13. The van der Waals surface area contributed by atoms with Crippen molar-refractivity contribution in [2.45, 2.75) is 52.3 Å². The van der Waals surface area contributed by atoms with Crippen molar-refractivity contribution in [3.05, 3.63) is 29.8 Å². The van der Waals surface area contributed by atoms with Crippen molar-refractivity contribution in [2.75, 3.05) is 6.54 Å². The molecule has 2 N–H and O–H groups in total. The highest BCUT2D eigenvalue weighted by molar-refractivity contribution is 5.96. The van der Waals surface area contributed by atoms with E-state index in [1.807, 2.05) is 0 Å². The van der Waals surface area contributed by atoms with Gasteiger partial charge in [0.15, 0.2) is 0 Å². The molecular weight excluding hydrogens is 339 g/mol. The minimum Gasteiger partial charge on any atom is -0.481 e. The van der Waals surface area contributed by atoms with Crippen LogP contribution in [0.2, 0.25) is 0 Å². The van der Waals surface area contributed by atoms with Crippen LogP contribution in [0.25, 0.3) is 0 Å². The van der Waals surface area contributed by atoms with Crippen LogP contribution in [0.15, 0.2) is 24.3 Å². The summed E-state index contributed by atoms with van der Waals surface area (Å²) in [6.07, 6.45) is -0.982. The molecule has 0 saturated carbocycles. The van der Waals surface area contributed by atoms with Crippen LogP contribution in [0.1, 0.15) is 56.3 Å². The first-order valence-corrected chi connectivity index (χ1v) is 7.64. The summed E-state index contributed by atoms with van der Waals surface area (Å²) in [6.45, 7) is 0.331. The highest BCUT2D eigenvalue weighted by atomic mass is 19.4. The predicted molar refractivity (Wildman–Crippen MR) is 87.5 cm³/mol. The Bertz CT molecular complexity index is 547. The summed E-state index contributed by atoms with van der Waals surface area (Å²) in [5.41, 5.74) is -0.170. The van der Waals surface area contributed by atoms with E-state index in [0.717, 1.165) is 25.3 Å². The zero-order valence-corrected chi connectivity index (χ0v) is 13.1. The first-order chi connectivity index (χ1) is 11.3. The zero-order chi connectivity index (χ0) is 18.0.